The number of nitrogens with zero attached hydrogens (tertiary/aromatic N) is 1. The van der Waals surface area contributed by atoms with E-state index in [1.54, 1.807) is 0 Å². The van der Waals surface area contributed by atoms with E-state index in [2.05, 4.69) is 42.1 Å². The van der Waals surface area contributed by atoms with Crippen LogP contribution in [0.3, 0.4) is 0 Å². The summed E-state index contributed by atoms with van der Waals surface area (Å²) < 4.78 is 2.12. The average molecular weight is 244 g/mol. The molecule has 1 aromatic carbocycles. The third-order valence-corrected chi connectivity index (χ3v) is 4.31. The van der Waals surface area contributed by atoms with E-state index in [9.17, 15) is 5.11 Å². The zero-order valence-corrected chi connectivity index (χ0v) is 10.8. The van der Waals surface area contributed by atoms with Crippen molar-refractivity contribution in [1.82, 2.24) is 4.57 Å². The molecule has 0 unspecified atom stereocenters. The van der Waals surface area contributed by atoms with Crippen molar-refractivity contribution < 1.29 is 5.11 Å². The van der Waals surface area contributed by atoms with E-state index < -0.39 is 0 Å². The topological polar surface area (TPSA) is 51.2 Å². The first kappa shape index (κ1) is 11.8. The largest absolute Gasteiger partial charge is 0.393 e. The van der Waals surface area contributed by atoms with Crippen LogP contribution in [0.4, 0.5) is 0 Å². The lowest BCUT2D eigenvalue weighted by molar-refractivity contribution is 0.0969. The minimum absolute atomic E-state index is 0.165. The molecule has 0 saturated heterocycles. The van der Waals surface area contributed by atoms with E-state index in [0.29, 0.717) is 0 Å². The molecule has 1 aromatic heterocycles. The van der Waals surface area contributed by atoms with Gasteiger partial charge in [-0.15, -0.1) is 0 Å². The molecular formula is C15H20N2O. The van der Waals surface area contributed by atoms with Gasteiger partial charge in [-0.2, -0.15) is 0 Å². The summed E-state index contributed by atoms with van der Waals surface area (Å²) in [5, 5.41) is 10.8. The first-order chi connectivity index (χ1) is 8.58. The van der Waals surface area contributed by atoms with Gasteiger partial charge in [0.25, 0.3) is 0 Å². The number of aromatic nitrogens is 1. The van der Waals surface area contributed by atoms with Crippen LogP contribution in [0.15, 0.2) is 30.5 Å². The Morgan fingerprint density at radius 2 is 2.00 bits per heavy atom. The molecule has 0 bridgehead atoms. The van der Waals surface area contributed by atoms with E-state index in [1.165, 1.54) is 16.5 Å². The van der Waals surface area contributed by atoms with Gasteiger partial charge < -0.3 is 15.4 Å². The summed E-state index contributed by atoms with van der Waals surface area (Å²) in [6.07, 6.45) is 5.26. The first-order valence-electron chi connectivity index (χ1n) is 6.61. The summed E-state index contributed by atoms with van der Waals surface area (Å²) in [7, 11) is 2.05. The quantitative estimate of drug-likeness (QED) is 0.808. The normalized spacial score (nSPS) is 28.7. The fraction of sp³-hybridized carbons (Fsp3) is 0.467. The number of hydrogen-bond donors (Lipinski definition) is 2. The van der Waals surface area contributed by atoms with Crippen molar-refractivity contribution in [3.05, 3.63) is 36.0 Å². The molecule has 0 radical (unpaired) electrons. The standard InChI is InChI=1S/C15H20N2O/c1-17-9-6-11-10-12(2-3-14(11)17)15(16)7-4-13(18)5-8-15/h2-3,6,9-10,13,18H,4-5,7-8,16H2,1H3. The minimum Gasteiger partial charge on any atom is -0.393 e. The molecule has 1 aliphatic rings. The van der Waals surface area contributed by atoms with Crippen molar-refractivity contribution in [3.63, 3.8) is 0 Å². The lowest BCUT2D eigenvalue weighted by Gasteiger charge is -2.36. The molecule has 2 aromatic rings. The number of nitrogens with two attached hydrogens (primary N) is 1. The Bertz CT molecular complexity index is 565. The van der Waals surface area contributed by atoms with Gasteiger partial charge >= 0.3 is 0 Å². The Kier molecular flexibility index (Phi) is 2.68. The molecule has 0 amide bonds. The van der Waals surface area contributed by atoms with E-state index in [4.69, 9.17) is 5.73 Å². The number of benzene rings is 1. The van der Waals surface area contributed by atoms with Crippen LogP contribution in [0.25, 0.3) is 10.9 Å². The number of aliphatic hydroxyl groups excluding tert-OH is 1. The predicted molar refractivity (Wildman–Crippen MR) is 73.3 cm³/mol. The van der Waals surface area contributed by atoms with Crippen molar-refractivity contribution in [1.29, 1.82) is 0 Å². The zero-order chi connectivity index (χ0) is 12.8. The molecule has 3 rings (SSSR count). The van der Waals surface area contributed by atoms with E-state index in [1.807, 2.05) is 0 Å². The van der Waals surface area contributed by atoms with Crippen LogP contribution in [0, 0.1) is 0 Å². The number of aliphatic hydroxyl groups is 1. The molecule has 3 N–H and O–H groups in total. The number of hydrogen-bond acceptors (Lipinski definition) is 2. The second-order valence-corrected chi connectivity index (χ2v) is 5.59. The van der Waals surface area contributed by atoms with Crippen molar-refractivity contribution in [2.24, 2.45) is 12.8 Å². The number of fused-ring (bicyclic) bond motifs is 1. The molecule has 0 spiro atoms. The molecule has 18 heavy (non-hydrogen) atoms. The van der Waals surface area contributed by atoms with Gasteiger partial charge in [0.1, 0.15) is 0 Å². The Hall–Kier alpha value is -1.32. The Labute approximate surface area is 107 Å². The van der Waals surface area contributed by atoms with Crippen LogP contribution in [0.2, 0.25) is 0 Å². The molecule has 1 heterocycles. The monoisotopic (exact) mass is 244 g/mol. The Morgan fingerprint density at radius 3 is 2.72 bits per heavy atom. The molecule has 96 valence electrons. The highest BCUT2D eigenvalue weighted by Crippen LogP contribution is 2.36. The highest BCUT2D eigenvalue weighted by atomic mass is 16.3. The molecule has 1 saturated carbocycles. The fourth-order valence-electron chi connectivity index (χ4n) is 3.00. The third kappa shape index (κ3) is 1.84. The van der Waals surface area contributed by atoms with Gasteiger partial charge in [-0.25, -0.2) is 0 Å². The minimum atomic E-state index is -0.261. The summed E-state index contributed by atoms with van der Waals surface area (Å²) in [5.41, 5.74) is 8.70. The van der Waals surface area contributed by atoms with Crippen LogP contribution < -0.4 is 5.73 Å². The summed E-state index contributed by atoms with van der Waals surface area (Å²) in [5.74, 6) is 0. The second-order valence-electron chi connectivity index (χ2n) is 5.59. The van der Waals surface area contributed by atoms with E-state index in [0.717, 1.165) is 25.7 Å². The molecule has 0 atom stereocenters. The molecular weight excluding hydrogens is 224 g/mol. The van der Waals surface area contributed by atoms with Crippen LogP contribution in [0.5, 0.6) is 0 Å². The van der Waals surface area contributed by atoms with Crippen LogP contribution in [-0.4, -0.2) is 15.8 Å². The van der Waals surface area contributed by atoms with Gasteiger partial charge in [-0.1, -0.05) is 6.07 Å². The SMILES string of the molecule is Cn1ccc2cc(C3(N)CCC(O)CC3)ccc21. The zero-order valence-electron chi connectivity index (χ0n) is 10.8. The van der Waals surface area contributed by atoms with Crippen molar-refractivity contribution in [3.8, 4) is 0 Å². The van der Waals surface area contributed by atoms with Gasteiger partial charge in [0.2, 0.25) is 0 Å². The van der Waals surface area contributed by atoms with Gasteiger partial charge in [0.15, 0.2) is 0 Å². The maximum absolute atomic E-state index is 9.60. The van der Waals surface area contributed by atoms with Crippen LogP contribution >= 0.6 is 0 Å². The maximum atomic E-state index is 9.60. The smallest absolute Gasteiger partial charge is 0.0541 e. The number of aryl methyl sites for hydroxylation is 1. The lowest BCUT2D eigenvalue weighted by Crippen LogP contribution is -2.41. The van der Waals surface area contributed by atoms with Gasteiger partial charge in [-0.3, -0.25) is 0 Å². The van der Waals surface area contributed by atoms with Gasteiger partial charge in [0, 0.05) is 24.3 Å². The average Bonchev–Trinajstić information content (AvgIpc) is 2.75. The second kappa shape index (κ2) is 4.11. The molecule has 1 fully saturated rings. The van der Waals surface area contributed by atoms with Crippen molar-refractivity contribution in [2.75, 3.05) is 0 Å². The summed E-state index contributed by atoms with van der Waals surface area (Å²) in [4.78, 5) is 0. The van der Waals surface area contributed by atoms with Gasteiger partial charge in [-0.05, 0) is 54.8 Å². The highest BCUT2D eigenvalue weighted by Gasteiger charge is 2.32. The van der Waals surface area contributed by atoms with Crippen LogP contribution in [-0.2, 0) is 12.6 Å². The van der Waals surface area contributed by atoms with E-state index >= 15 is 0 Å². The third-order valence-electron chi connectivity index (χ3n) is 4.31. The Balaban J connectivity index is 1.98. The molecule has 3 heteroatoms. The number of rotatable bonds is 1. The molecule has 3 nitrogen and oxygen atoms in total. The van der Waals surface area contributed by atoms with E-state index in [-0.39, 0.29) is 11.6 Å². The highest BCUT2D eigenvalue weighted by molar-refractivity contribution is 5.81. The van der Waals surface area contributed by atoms with Crippen molar-refractivity contribution >= 4 is 10.9 Å². The summed E-state index contributed by atoms with van der Waals surface area (Å²) >= 11 is 0. The molecule has 1 aliphatic carbocycles. The lowest BCUT2D eigenvalue weighted by atomic mass is 9.76. The fourth-order valence-corrected chi connectivity index (χ4v) is 3.00. The van der Waals surface area contributed by atoms with Crippen molar-refractivity contribution in [2.45, 2.75) is 37.3 Å². The maximum Gasteiger partial charge on any atom is 0.0541 e. The summed E-state index contributed by atoms with van der Waals surface area (Å²) in [6, 6.07) is 8.61. The summed E-state index contributed by atoms with van der Waals surface area (Å²) in [6.45, 7) is 0. The van der Waals surface area contributed by atoms with Crippen LogP contribution in [0.1, 0.15) is 31.2 Å². The predicted octanol–water partition coefficient (Wildman–Crippen LogP) is 2.27. The Morgan fingerprint density at radius 1 is 1.28 bits per heavy atom. The first-order valence-corrected chi connectivity index (χ1v) is 6.61. The molecule has 0 aliphatic heterocycles. The van der Waals surface area contributed by atoms with Gasteiger partial charge in [0.05, 0.1) is 6.10 Å².